The van der Waals surface area contributed by atoms with Gasteiger partial charge in [0.2, 0.25) is 0 Å². The highest BCUT2D eigenvalue weighted by atomic mass is 127. The van der Waals surface area contributed by atoms with Crippen molar-refractivity contribution in [3.63, 3.8) is 0 Å². The molecule has 2 aromatic rings. The fourth-order valence-corrected chi connectivity index (χ4v) is 5.80. The third kappa shape index (κ3) is 7.42. The zero-order chi connectivity index (χ0) is 20.8. The summed E-state index contributed by atoms with van der Waals surface area (Å²) in [6.45, 7) is 9.15. The van der Waals surface area contributed by atoms with Crippen molar-refractivity contribution in [2.24, 2.45) is 0 Å². The quantitative estimate of drug-likeness (QED) is 0.357. The first kappa shape index (κ1) is 23.9. The highest BCUT2D eigenvalue weighted by molar-refractivity contribution is 7.86. The second-order valence-electron chi connectivity index (χ2n) is 6.35. The predicted molar refractivity (Wildman–Crippen MR) is 94.2 cm³/mol. The van der Waals surface area contributed by atoms with Crippen molar-refractivity contribution in [2.75, 3.05) is 0 Å². The van der Waals surface area contributed by atoms with Crippen LogP contribution in [-0.2, 0) is 10.1 Å². The van der Waals surface area contributed by atoms with E-state index in [4.69, 9.17) is 13.0 Å². The molecule has 0 unspecified atom stereocenters. The van der Waals surface area contributed by atoms with Gasteiger partial charge >= 0.3 is 26.7 Å². The third-order valence-electron chi connectivity index (χ3n) is 3.54. The average molecular weight is 514 g/mol. The van der Waals surface area contributed by atoms with Crippen LogP contribution >= 0.6 is 0 Å². The number of hydrogen-bond donors (Lipinski definition) is 0. The van der Waals surface area contributed by atoms with Gasteiger partial charge in [0, 0.05) is 11.1 Å². The van der Waals surface area contributed by atoms with Gasteiger partial charge in [-0.15, -0.1) is 0 Å². The van der Waals surface area contributed by atoms with E-state index in [1.165, 1.54) is 11.1 Å². The Labute approximate surface area is 169 Å². The maximum atomic E-state index is 10.7. The van der Waals surface area contributed by atoms with Crippen LogP contribution in [0.1, 0.15) is 50.7 Å². The maximum Gasteiger partial charge on any atom is 0.485 e. The molecule has 0 aliphatic rings. The van der Waals surface area contributed by atoms with Gasteiger partial charge in [-0.1, -0.05) is 64.1 Å². The molecule has 150 valence electrons. The Hall–Kier alpha value is -1.13. The van der Waals surface area contributed by atoms with E-state index < -0.39 is 15.6 Å². The number of alkyl halides is 3. The number of hydrogen-bond acceptors (Lipinski definition) is 3. The van der Waals surface area contributed by atoms with Gasteiger partial charge in [-0.3, -0.25) is 0 Å². The van der Waals surface area contributed by atoms with Crippen LogP contribution in [0, 0.1) is 7.14 Å². The van der Waals surface area contributed by atoms with E-state index in [0.29, 0.717) is 11.8 Å². The molecule has 8 heteroatoms. The van der Waals surface area contributed by atoms with Crippen molar-refractivity contribution in [1.29, 1.82) is 0 Å². The van der Waals surface area contributed by atoms with Crippen molar-refractivity contribution >= 4 is 10.1 Å². The highest BCUT2D eigenvalue weighted by Gasteiger charge is 2.36. The fraction of sp³-hybridized carbons (Fsp3) is 0.368. The molecule has 2 aromatic carbocycles. The molecule has 2 rings (SSSR count). The van der Waals surface area contributed by atoms with Gasteiger partial charge in [-0.2, -0.15) is 13.2 Å². The lowest BCUT2D eigenvalue weighted by atomic mass is 10.0. The fourth-order valence-electron chi connectivity index (χ4n) is 2.17. The molecule has 0 radical (unpaired) electrons. The SMILES string of the molecule is CC(C)c1ccccc1[I+]c1ccccc1C(C)C.O=S(=O)([O-])C(F)(F)F. The standard InChI is InChI=1S/C18H22I.CHF3O3S/c1-13(2)15-9-5-7-11-17(15)19-18-12-8-6-10-16(18)14(3)4;2-1(3,4)8(5,6)7/h5-14H,1-4H3;(H,5,6,7)/q+1;/p-1. The van der Waals surface area contributed by atoms with Gasteiger partial charge in [0.1, 0.15) is 0 Å². The molecule has 0 atom stereocenters. The van der Waals surface area contributed by atoms with Gasteiger partial charge in [0.25, 0.3) is 0 Å². The molecular weight excluding hydrogens is 492 g/mol. The first-order valence-corrected chi connectivity index (χ1v) is 11.8. The van der Waals surface area contributed by atoms with E-state index in [2.05, 4.69) is 76.2 Å². The van der Waals surface area contributed by atoms with Crippen molar-refractivity contribution < 1.29 is 47.3 Å². The van der Waals surface area contributed by atoms with E-state index in [1.54, 1.807) is 7.14 Å². The number of benzene rings is 2. The molecule has 0 aliphatic carbocycles. The third-order valence-corrected chi connectivity index (χ3v) is 7.24. The Morgan fingerprint density at radius 3 is 1.37 bits per heavy atom. The second-order valence-corrected chi connectivity index (χ2v) is 10.6. The normalized spacial score (nSPS) is 12.1. The van der Waals surface area contributed by atoms with E-state index in [9.17, 15) is 13.2 Å². The van der Waals surface area contributed by atoms with Crippen LogP contribution in [0.25, 0.3) is 0 Å². The maximum absolute atomic E-state index is 10.7. The zero-order valence-corrected chi connectivity index (χ0v) is 18.4. The van der Waals surface area contributed by atoms with E-state index in [0.717, 1.165) is 0 Å². The van der Waals surface area contributed by atoms with Crippen molar-refractivity contribution in [1.82, 2.24) is 0 Å². The van der Waals surface area contributed by atoms with Gasteiger partial charge in [0.05, 0.1) is 0 Å². The van der Waals surface area contributed by atoms with Gasteiger partial charge in [0.15, 0.2) is 17.3 Å². The first-order valence-electron chi connectivity index (χ1n) is 8.19. The molecule has 0 heterocycles. The molecule has 27 heavy (non-hydrogen) atoms. The summed E-state index contributed by atoms with van der Waals surface area (Å²) >= 11 is -0.0818. The molecule has 0 fully saturated rings. The van der Waals surface area contributed by atoms with Crippen molar-refractivity contribution in [2.45, 2.75) is 45.0 Å². The molecule has 0 aliphatic heterocycles. The average Bonchev–Trinajstić information content (AvgIpc) is 2.54. The smallest absolute Gasteiger partial charge is 0.485 e. The molecular formula is C19H22F3IO3S. The summed E-state index contributed by atoms with van der Waals surface area (Å²) in [4.78, 5) is 0. The summed E-state index contributed by atoms with van der Waals surface area (Å²) in [5.41, 5.74) is -2.60. The van der Waals surface area contributed by atoms with E-state index >= 15 is 0 Å². The van der Waals surface area contributed by atoms with Gasteiger partial charge < -0.3 is 4.55 Å². The number of rotatable bonds is 4. The van der Waals surface area contributed by atoms with Crippen LogP contribution in [0.4, 0.5) is 13.2 Å². The van der Waals surface area contributed by atoms with Crippen molar-refractivity contribution in [3.05, 3.63) is 66.8 Å². The molecule has 0 saturated heterocycles. The lowest BCUT2D eigenvalue weighted by Gasteiger charge is -2.08. The molecule has 0 bridgehead atoms. The highest BCUT2D eigenvalue weighted by Crippen LogP contribution is 2.20. The Morgan fingerprint density at radius 1 is 0.815 bits per heavy atom. The van der Waals surface area contributed by atoms with Crippen LogP contribution in [0.15, 0.2) is 48.5 Å². The van der Waals surface area contributed by atoms with Crippen LogP contribution < -0.4 is 21.2 Å². The minimum atomic E-state index is -6.09. The minimum Gasteiger partial charge on any atom is -0.741 e. The lowest BCUT2D eigenvalue weighted by molar-refractivity contribution is -0.599. The second kappa shape index (κ2) is 9.88. The summed E-state index contributed by atoms with van der Waals surface area (Å²) in [6, 6.07) is 17.9. The van der Waals surface area contributed by atoms with Crippen LogP contribution in [0.2, 0.25) is 0 Å². The Kier molecular flexibility index (Phi) is 8.75. The van der Waals surface area contributed by atoms with Gasteiger partial charge in [-0.25, -0.2) is 8.42 Å². The minimum absolute atomic E-state index is 0.0818. The molecule has 0 amide bonds. The van der Waals surface area contributed by atoms with E-state index in [1.807, 2.05) is 0 Å². The molecule has 0 aromatic heterocycles. The summed E-state index contributed by atoms with van der Waals surface area (Å²) < 4.78 is 62.0. The van der Waals surface area contributed by atoms with Crippen LogP contribution in [-0.4, -0.2) is 18.5 Å². The van der Waals surface area contributed by atoms with Crippen LogP contribution in [0.3, 0.4) is 0 Å². The topological polar surface area (TPSA) is 57.2 Å². The monoisotopic (exact) mass is 514 g/mol. The molecule has 0 N–H and O–H groups in total. The number of halogens is 4. The molecule has 3 nitrogen and oxygen atoms in total. The Morgan fingerprint density at radius 2 is 1.11 bits per heavy atom. The van der Waals surface area contributed by atoms with E-state index in [-0.39, 0.29) is 21.2 Å². The summed E-state index contributed by atoms with van der Waals surface area (Å²) in [6.07, 6.45) is 0. The molecule has 0 saturated carbocycles. The Balaban J connectivity index is 0.000000387. The predicted octanol–water partition coefficient (Wildman–Crippen LogP) is 2.11. The Bertz CT molecular complexity index is 798. The lowest BCUT2D eigenvalue weighted by Crippen LogP contribution is -3.62. The largest absolute Gasteiger partial charge is 0.741 e. The van der Waals surface area contributed by atoms with Gasteiger partial charge in [-0.05, 0) is 24.0 Å². The zero-order valence-electron chi connectivity index (χ0n) is 15.4. The summed E-state index contributed by atoms with van der Waals surface area (Å²) in [7, 11) is -6.09. The summed E-state index contributed by atoms with van der Waals surface area (Å²) in [5, 5.41) is 0. The first-order chi connectivity index (χ1) is 12.3. The van der Waals surface area contributed by atoms with Crippen molar-refractivity contribution in [3.8, 4) is 0 Å². The summed E-state index contributed by atoms with van der Waals surface area (Å²) in [5.74, 6) is 1.23. The molecule has 0 spiro atoms. The van der Waals surface area contributed by atoms with Crippen LogP contribution in [0.5, 0.6) is 0 Å².